The zero-order valence-corrected chi connectivity index (χ0v) is 21.2. The molecule has 1 N–H and O–H groups in total. The van der Waals surface area contributed by atoms with Gasteiger partial charge in [-0.2, -0.15) is 26.3 Å². The van der Waals surface area contributed by atoms with Gasteiger partial charge in [0.2, 0.25) is 0 Å². The Morgan fingerprint density at radius 2 is 1.69 bits per heavy atom. The van der Waals surface area contributed by atoms with Crippen molar-refractivity contribution in [2.75, 3.05) is 13.2 Å². The third-order valence-corrected chi connectivity index (χ3v) is 5.52. The van der Waals surface area contributed by atoms with E-state index in [2.05, 4.69) is 11.8 Å². The molecular weight excluding hydrogens is 605 g/mol. The summed E-state index contributed by atoms with van der Waals surface area (Å²) >= 11 is 2.03. The highest BCUT2D eigenvalue weighted by molar-refractivity contribution is 14.1. The first kappa shape index (κ1) is 29.5. The van der Waals surface area contributed by atoms with Gasteiger partial charge in [0.05, 0.1) is 14.7 Å². The summed E-state index contributed by atoms with van der Waals surface area (Å²) in [4.78, 5) is 11.2. The molecule has 11 heteroatoms. The molecule has 0 spiro atoms. The van der Waals surface area contributed by atoms with E-state index in [0.29, 0.717) is 27.0 Å². The third kappa shape index (κ3) is 9.05. The molecule has 0 saturated heterocycles. The van der Waals surface area contributed by atoms with Gasteiger partial charge in [0.1, 0.15) is 12.4 Å². The number of aliphatic carboxylic acids is 1. The molecule has 0 amide bonds. The average molecular weight is 626 g/mol. The van der Waals surface area contributed by atoms with Crippen molar-refractivity contribution in [3.8, 4) is 17.6 Å². The van der Waals surface area contributed by atoms with Gasteiger partial charge in [-0.3, -0.25) is 0 Å². The summed E-state index contributed by atoms with van der Waals surface area (Å²) < 4.78 is 89.4. The number of allylic oxidation sites excluding steroid dienone is 1. The highest BCUT2D eigenvalue weighted by Crippen LogP contribution is 2.36. The number of halogens is 7. The van der Waals surface area contributed by atoms with Gasteiger partial charge >= 0.3 is 18.3 Å². The summed E-state index contributed by atoms with van der Waals surface area (Å²) in [7, 11) is 0. The lowest BCUT2D eigenvalue weighted by Crippen LogP contribution is -2.26. The molecule has 0 saturated carbocycles. The van der Waals surface area contributed by atoms with E-state index in [1.54, 1.807) is 32.0 Å². The predicted molar refractivity (Wildman–Crippen MR) is 128 cm³/mol. The maximum Gasteiger partial charge on any atom is 0.416 e. The third-order valence-electron chi connectivity index (χ3n) is 4.68. The van der Waals surface area contributed by atoms with E-state index in [1.807, 2.05) is 22.6 Å². The molecule has 0 aliphatic rings. The average Bonchev–Trinajstić information content (AvgIpc) is 2.77. The maximum absolute atomic E-state index is 13.0. The molecule has 0 heterocycles. The van der Waals surface area contributed by atoms with Crippen LogP contribution in [0.5, 0.6) is 5.75 Å². The molecule has 0 unspecified atom stereocenters. The zero-order valence-electron chi connectivity index (χ0n) is 19.1. The molecule has 2 rings (SSSR count). The van der Waals surface area contributed by atoms with Crippen LogP contribution in [0.15, 0.2) is 48.0 Å². The Labute approximate surface area is 217 Å². The van der Waals surface area contributed by atoms with Gasteiger partial charge in [-0.15, -0.1) is 0 Å². The van der Waals surface area contributed by atoms with Crippen LogP contribution in [0.2, 0.25) is 0 Å². The molecule has 0 radical (unpaired) electrons. The lowest BCUT2D eigenvalue weighted by Gasteiger charge is -2.13. The Hall–Kier alpha value is -2.72. The topological polar surface area (TPSA) is 55.8 Å². The Bertz CT molecular complexity index is 1140. The van der Waals surface area contributed by atoms with Crippen LogP contribution in [-0.2, 0) is 28.3 Å². The molecule has 0 bridgehead atoms. The highest BCUT2D eigenvalue weighted by atomic mass is 127. The number of alkyl halides is 6. The van der Waals surface area contributed by atoms with Crippen molar-refractivity contribution < 1.29 is 45.7 Å². The minimum Gasteiger partial charge on any atom is -0.488 e. The van der Waals surface area contributed by atoms with Crippen LogP contribution in [-0.4, -0.2) is 30.4 Å². The molecule has 0 fully saturated rings. The largest absolute Gasteiger partial charge is 0.488 e. The van der Waals surface area contributed by atoms with Crippen LogP contribution in [0.3, 0.4) is 0 Å². The smallest absolute Gasteiger partial charge is 0.416 e. The normalized spacial score (nSPS) is 13.1. The van der Waals surface area contributed by atoms with Crippen LogP contribution in [0.25, 0.3) is 0 Å². The molecule has 0 aliphatic heterocycles. The Balaban J connectivity index is 2.11. The summed E-state index contributed by atoms with van der Waals surface area (Å²) in [6, 6.07) is 6.31. The van der Waals surface area contributed by atoms with Gasteiger partial charge in [-0.1, -0.05) is 17.9 Å². The summed E-state index contributed by atoms with van der Waals surface area (Å²) in [5.41, 5.74) is -2.15. The molecule has 0 aliphatic carbocycles. The fourth-order valence-electron chi connectivity index (χ4n) is 2.93. The number of hydrogen-bond donors (Lipinski definition) is 1. The number of rotatable bonds is 8. The summed E-state index contributed by atoms with van der Waals surface area (Å²) in [6.07, 6.45) is -9.14. The van der Waals surface area contributed by atoms with Crippen molar-refractivity contribution >= 4 is 28.6 Å². The van der Waals surface area contributed by atoms with Gasteiger partial charge in [0.15, 0.2) is 6.10 Å². The molecule has 36 heavy (non-hydrogen) atoms. The summed E-state index contributed by atoms with van der Waals surface area (Å²) in [5, 5.41) is 9.20. The lowest BCUT2D eigenvalue weighted by atomic mass is 10.0. The molecule has 4 nitrogen and oxygen atoms in total. The Kier molecular flexibility index (Phi) is 10.2. The quantitative estimate of drug-likeness (QED) is 0.201. The number of hydrogen-bond acceptors (Lipinski definition) is 3. The van der Waals surface area contributed by atoms with Crippen molar-refractivity contribution in [3.05, 3.63) is 73.9 Å². The van der Waals surface area contributed by atoms with Crippen molar-refractivity contribution in [2.24, 2.45) is 0 Å². The SMILES string of the molecule is CCO[C@@H](Cc1ccc(OC/C=C(\C)C#Cc2cc(C(F)(F)F)cc(C(F)(F)F)c2)c(I)c1)C(=O)O. The van der Waals surface area contributed by atoms with E-state index in [0.717, 1.165) is 5.56 Å². The van der Waals surface area contributed by atoms with Crippen molar-refractivity contribution in [1.29, 1.82) is 0 Å². The first-order chi connectivity index (χ1) is 16.7. The van der Waals surface area contributed by atoms with Crippen LogP contribution in [0.1, 0.15) is 36.1 Å². The Morgan fingerprint density at radius 1 is 1.08 bits per heavy atom. The zero-order chi connectivity index (χ0) is 27.1. The molecular formula is C25H21F6IO4. The molecule has 0 aromatic heterocycles. The van der Waals surface area contributed by atoms with E-state index < -0.39 is 41.1 Å². The number of carbonyl (C=O) groups is 1. The van der Waals surface area contributed by atoms with Gasteiger partial charge in [-0.25, -0.2) is 4.79 Å². The second kappa shape index (κ2) is 12.5. The number of ether oxygens (including phenoxy) is 2. The van der Waals surface area contributed by atoms with Gasteiger partial charge in [-0.05, 0) is 84.0 Å². The number of benzene rings is 2. The molecule has 2 aromatic carbocycles. The predicted octanol–water partition coefficient (Wildman–Crippen LogP) is 6.74. The van der Waals surface area contributed by atoms with Crippen molar-refractivity contribution in [1.82, 2.24) is 0 Å². The van der Waals surface area contributed by atoms with E-state index in [4.69, 9.17) is 9.47 Å². The van der Waals surface area contributed by atoms with Gasteiger partial charge in [0.25, 0.3) is 0 Å². The van der Waals surface area contributed by atoms with E-state index in [1.165, 1.54) is 6.08 Å². The monoisotopic (exact) mass is 626 g/mol. The standard InChI is InChI=1S/C25H21F6IO4/c1-3-35-22(23(33)34)13-17-6-7-21(20(32)12-17)36-9-8-15(2)4-5-16-10-18(24(26,27)28)14-19(11-16)25(29,30)31/h6-8,10-12,14,22H,3,9,13H2,1-2H3,(H,33,34)/b15-8+/t22-/m0/s1. The molecule has 1 atom stereocenters. The van der Waals surface area contributed by atoms with Crippen molar-refractivity contribution in [2.45, 2.75) is 38.7 Å². The summed E-state index contributed by atoms with van der Waals surface area (Å²) in [6.45, 7) is 3.56. The first-order valence-electron chi connectivity index (χ1n) is 10.4. The van der Waals surface area contributed by atoms with E-state index >= 15 is 0 Å². The summed E-state index contributed by atoms with van der Waals surface area (Å²) in [5.74, 6) is 4.32. The van der Waals surface area contributed by atoms with Crippen LogP contribution in [0.4, 0.5) is 26.3 Å². The molecule has 194 valence electrons. The van der Waals surface area contributed by atoms with E-state index in [-0.39, 0.29) is 25.7 Å². The fraction of sp³-hybridized carbons (Fsp3) is 0.320. The Morgan fingerprint density at radius 3 is 2.19 bits per heavy atom. The van der Waals surface area contributed by atoms with Gasteiger partial charge in [0, 0.05) is 18.6 Å². The molecule has 2 aromatic rings. The second-order valence-electron chi connectivity index (χ2n) is 7.49. The first-order valence-corrected chi connectivity index (χ1v) is 11.5. The fourth-order valence-corrected chi connectivity index (χ4v) is 3.66. The lowest BCUT2D eigenvalue weighted by molar-refractivity contribution is -0.150. The highest BCUT2D eigenvalue weighted by Gasteiger charge is 2.36. The van der Waals surface area contributed by atoms with Gasteiger partial charge < -0.3 is 14.6 Å². The minimum atomic E-state index is -4.94. The second-order valence-corrected chi connectivity index (χ2v) is 8.66. The van der Waals surface area contributed by atoms with Crippen LogP contribution >= 0.6 is 22.6 Å². The van der Waals surface area contributed by atoms with E-state index in [9.17, 15) is 36.2 Å². The van der Waals surface area contributed by atoms with Crippen LogP contribution in [0, 0.1) is 15.4 Å². The minimum absolute atomic E-state index is 0.0446. The maximum atomic E-state index is 13.0. The van der Waals surface area contributed by atoms with Crippen LogP contribution < -0.4 is 4.74 Å². The number of carboxylic acid groups (broad SMARTS) is 1. The number of carboxylic acids is 1. The van der Waals surface area contributed by atoms with Crippen molar-refractivity contribution in [3.63, 3.8) is 0 Å².